The van der Waals surface area contributed by atoms with Gasteiger partial charge in [-0.15, -0.1) is 0 Å². The van der Waals surface area contributed by atoms with Gasteiger partial charge in [-0.3, -0.25) is 4.79 Å². The van der Waals surface area contributed by atoms with Crippen molar-refractivity contribution in [2.45, 2.75) is 38.8 Å². The largest absolute Gasteiger partial charge is 0.393 e. The predicted octanol–water partition coefficient (Wildman–Crippen LogP) is 0.310. The lowest BCUT2D eigenvalue weighted by molar-refractivity contribution is -0.134. The Labute approximate surface area is 91.9 Å². The van der Waals surface area contributed by atoms with Gasteiger partial charge >= 0.3 is 0 Å². The number of amides is 1. The molecule has 2 unspecified atom stereocenters. The van der Waals surface area contributed by atoms with Gasteiger partial charge in [-0.2, -0.15) is 0 Å². The third-order valence-electron chi connectivity index (χ3n) is 3.09. The standard InChI is InChI=1S/C11H22N2O2/c1-9-8-13(7-6-12(9)3)11(15)5-4-10(2)14/h9-10,14H,4-8H2,1-3H3. The summed E-state index contributed by atoms with van der Waals surface area (Å²) < 4.78 is 0. The highest BCUT2D eigenvalue weighted by Gasteiger charge is 2.23. The van der Waals surface area contributed by atoms with Gasteiger partial charge in [0.1, 0.15) is 0 Å². The molecule has 0 saturated carbocycles. The second kappa shape index (κ2) is 5.47. The van der Waals surface area contributed by atoms with Gasteiger partial charge in [0.25, 0.3) is 0 Å². The molecular formula is C11H22N2O2. The van der Waals surface area contributed by atoms with Gasteiger partial charge in [-0.25, -0.2) is 0 Å². The van der Waals surface area contributed by atoms with Crippen LogP contribution >= 0.6 is 0 Å². The molecule has 1 N–H and O–H groups in total. The summed E-state index contributed by atoms with van der Waals surface area (Å²) in [4.78, 5) is 15.9. The van der Waals surface area contributed by atoms with Crippen LogP contribution in [0.15, 0.2) is 0 Å². The molecule has 2 atom stereocenters. The zero-order valence-electron chi connectivity index (χ0n) is 9.94. The minimum absolute atomic E-state index is 0.177. The van der Waals surface area contributed by atoms with Crippen LogP contribution in [0.4, 0.5) is 0 Å². The minimum atomic E-state index is -0.376. The SMILES string of the molecule is CC(O)CCC(=O)N1CCN(C)C(C)C1. The first-order valence-corrected chi connectivity index (χ1v) is 5.66. The van der Waals surface area contributed by atoms with Crippen molar-refractivity contribution >= 4 is 5.91 Å². The van der Waals surface area contributed by atoms with Gasteiger partial charge in [0.05, 0.1) is 6.10 Å². The Morgan fingerprint density at radius 1 is 1.53 bits per heavy atom. The van der Waals surface area contributed by atoms with Gasteiger partial charge in [0, 0.05) is 32.1 Å². The molecule has 1 aliphatic heterocycles. The Balaban J connectivity index is 2.34. The van der Waals surface area contributed by atoms with Crippen molar-refractivity contribution in [1.29, 1.82) is 0 Å². The second-order valence-corrected chi connectivity index (χ2v) is 4.56. The molecule has 0 aromatic heterocycles. The molecule has 4 nitrogen and oxygen atoms in total. The molecule has 0 radical (unpaired) electrons. The van der Waals surface area contributed by atoms with Crippen molar-refractivity contribution in [3.05, 3.63) is 0 Å². The zero-order chi connectivity index (χ0) is 11.4. The van der Waals surface area contributed by atoms with Crippen molar-refractivity contribution in [2.75, 3.05) is 26.7 Å². The molecule has 0 aromatic carbocycles. The summed E-state index contributed by atoms with van der Waals surface area (Å²) in [5.74, 6) is 0.177. The number of carbonyl (C=O) groups is 1. The van der Waals surface area contributed by atoms with Crippen molar-refractivity contribution < 1.29 is 9.90 Å². The number of likely N-dealkylation sites (N-methyl/N-ethyl adjacent to an activating group) is 1. The topological polar surface area (TPSA) is 43.8 Å². The number of nitrogens with zero attached hydrogens (tertiary/aromatic N) is 2. The second-order valence-electron chi connectivity index (χ2n) is 4.56. The summed E-state index contributed by atoms with van der Waals surface area (Å²) in [6, 6.07) is 0.439. The fraction of sp³-hybridized carbons (Fsp3) is 0.909. The molecule has 15 heavy (non-hydrogen) atoms. The van der Waals surface area contributed by atoms with E-state index in [0.717, 1.165) is 19.6 Å². The molecule has 0 bridgehead atoms. The average molecular weight is 214 g/mol. The van der Waals surface area contributed by atoms with Crippen LogP contribution in [-0.2, 0) is 4.79 Å². The molecular weight excluding hydrogens is 192 g/mol. The maximum Gasteiger partial charge on any atom is 0.222 e. The third-order valence-corrected chi connectivity index (χ3v) is 3.09. The highest BCUT2D eigenvalue weighted by molar-refractivity contribution is 5.76. The zero-order valence-corrected chi connectivity index (χ0v) is 9.94. The number of aliphatic hydroxyl groups excluding tert-OH is 1. The van der Waals surface area contributed by atoms with E-state index in [2.05, 4.69) is 18.9 Å². The average Bonchev–Trinajstić information content (AvgIpc) is 2.18. The van der Waals surface area contributed by atoms with Crippen LogP contribution < -0.4 is 0 Å². The van der Waals surface area contributed by atoms with Gasteiger partial charge in [0.15, 0.2) is 0 Å². The number of hydrogen-bond acceptors (Lipinski definition) is 3. The molecule has 1 saturated heterocycles. The van der Waals surface area contributed by atoms with Crippen LogP contribution in [0.25, 0.3) is 0 Å². The third kappa shape index (κ3) is 3.80. The lowest BCUT2D eigenvalue weighted by Crippen LogP contribution is -2.52. The molecule has 88 valence electrons. The molecule has 1 fully saturated rings. The summed E-state index contributed by atoms with van der Waals surface area (Å²) >= 11 is 0. The molecule has 1 rings (SSSR count). The van der Waals surface area contributed by atoms with Crippen LogP contribution in [0.1, 0.15) is 26.7 Å². The van der Waals surface area contributed by atoms with Gasteiger partial charge in [-0.05, 0) is 27.3 Å². The quantitative estimate of drug-likeness (QED) is 0.735. The van der Waals surface area contributed by atoms with Gasteiger partial charge < -0.3 is 14.9 Å². The van der Waals surface area contributed by atoms with Crippen LogP contribution in [0, 0.1) is 0 Å². The summed E-state index contributed by atoms with van der Waals surface area (Å²) in [6.45, 7) is 6.43. The molecule has 4 heteroatoms. The Hall–Kier alpha value is -0.610. The Morgan fingerprint density at radius 2 is 2.20 bits per heavy atom. The van der Waals surface area contributed by atoms with E-state index in [0.29, 0.717) is 18.9 Å². The lowest BCUT2D eigenvalue weighted by Gasteiger charge is -2.37. The van der Waals surface area contributed by atoms with Crippen molar-refractivity contribution in [2.24, 2.45) is 0 Å². The number of carbonyl (C=O) groups excluding carboxylic acids is 1. The molecule has 1 aliphatic rings. The van der Waals surface area contributed by atoms with Crippen LogP contribution in [-0.4, -0.2) is 59.6 Å². The monoisotopic (exact) mass is 214 g/mol. The van der Waals surface area contributed by atoms with Crippen molar-refractivity contribution in [1.82, 2.24) is 9.80 Å². The van der Waals surface area contributed by atoms with E-state index in [1.165, 1.54) is 0 Å². The van der Waals surface area contributed by atoms with E-state index in [1.54, 1.807) is 6.92 Å². The first-order valence-electron chi connectivity index (χ1n) is 5.66. The van der Waals surface area contributed by atoms with Crippen LogP contribution in [0.3, 0.4) is 0 Å². The fourth-order valence-electron chi connectivity index (χ4n) is 1.77. The molecule has 0 aromatic rings. The number of rotatable bonds is 3. The van der Waals surface area contributed by atoms with E-state index < -0.39 is 0 Å². The summed E-state index contributed by atoms with van der Waals surface area (Å²) in [7, 11) is 2.09. The van der Waals surface area contributed by atoms with Crippen LogP contribution in [0.2, 0.25) is 0 Å². The van der Waals surface area contributed by atoms with Gasteiger partial charge in [-0.1, -0.05) is 0 Å². The van der Waals surface area contributed by atoms with E-state index >= 15 is 0 Å². The molecule has 0 spiro atoms. The summed E-state index contributed by atoms with van der Waals surface area (Å²) in [5.41, 5.74) is 0. The lowest BCUT2D eigenvalue weighted by atomic mass is 10.1. The van der Waals surface area contributed by atoms with Gasteiger partial charge in [0.2, 0.25) is 5.91 Å². The number of hydrogen-bond donors (Lipinski definition) is 1. The minimum Gasteiger partial charge on any atom is -0.393 e. The Morgan fingerprint density at radius 3 is 2.73 bits per heavy atom. The van der Waals surface area contributed by atoms with E-state index in [4.69, 9.17) is 5.11 Å². The predicted molar refractivity (Wildman–Crippen MR) is 59.6 cm³/mol. The van der Waals surface area contributed by atoms with E-state index in [-0.39, 0.29) is 12.0 Å². The van der Waals surface area contributed by atoms with Crippen molar-refractivity contribution in [3.8, 4) is 0 Å². The number of aliphatic hydroxyl groups is 1. The first-order chi connectivity index (χ1) is 7.00. The number of piperazine rings is 1. The Kier molecular flexibility index (Phi) is 4.54. The van der Waals surface area contributed by atoms with Crippen molar-refractivity contribution in [3.63, 3.8) is 0 Å². The molecule has 0 aliphatic carbocycles. The maximum atomic E-state index is 11.8. The van der Waals surface area contributed by atoms with E-state index in [1.807, 2.05) is 4.90 Å². The van der Waals surface area contributed by atoms with E-state index in [9.17, 15) is 4.79 Å². The molecule has 1 amide bonds. The Bertz CT molecular complexity index is 219. The molecule has 1 heterocycles. The van der Waals surface area contributed by atoms with Crippen LogP contribution in [0.5, 0.6) is 0 Å². The maximum absolute atomic E-state index is 11.8. The fourth-order valence-corrected chi connectivity index (χ4v) is 1.77. The normalized spacial score (nSPS) is 25.3. The highest BCUT2D eigenvalue weighted by Crippen LogP contribution is 2.09. The smallest absolute Gasteiger partial charge is 0.222 e. The summed E-state index contributed by atoms with van der Waals surface area (Å²) in [6.07, 6.45) is 0.659. The highest BCUT2D eigenvalue weighted by atomic mass is 16.3. The summed E-state index contributed by atoms with van der Waals surface area (Å²) in [5, 5.41) is 9.11. The first kappa shape index (κ1) is 12.5.